The van der Waals surface area contributed by atoms with E-state index in [9.17, 15) is 0 Å². The molecule has 38 heavy (non-hydrogen) atoms. The third-order valence-electron chi connectivity index (χ3n) is 6.56. The maximum Gasteiger partial charge on any atom is -0.0129 e. The first-order valence-corrected chi connectivity index (χ1v) is 14.5. The van der Waals surface area contributed by atoms with Crippen LogP contribution < -0.4 is 0 Å². The van der Waals surface area contributed by atoms with Gasteiger partial charge in [0.25, 0.3) is 0 Å². The minimum atomic E-state index is 0.0536. The fraction of sp³-hybridized carbons (Fsp3) is 0.421. The van der Waals surface area contributed by atoms with Crippen molar-refractivity contribution in [3.63, 3.8) is 0 Å². The molecule has 0 bridgehead atoms. The highest BCUT2D eigenvalue weighted by atomic mass is 14.2. The Morgan fingerprint density at radius 1 is 0.789 bits per heavy atom. The molecule has 0 spiro atoms. The maximum atomic E-state index is 4.32. The molecule has 2 aromatic rings. The molecule has 0 heterocycles. The third-order valence-corrected chi connectivity index (χ3v) is 6.56. The van der Waals surface area contributed by atoms with Gasteiger partial charge in [-0.15, -0.1) is 0 Å². The molecule has 0 nitrogen and oxygen atoms in total. The Labute approximate surface area is 237 Å². The predicted octanol–water partition coefficient (Wildman–Crippen LogP) is 12.6. The van der Waals surface area contributed by atoms with Gasteiger partial charge >= 0.3 is 0 Å². The van der Waals surface area contributed by atoms with Gasteiger partial charge in [0.05, 0.1) is 0 Å². The summed E-state index contributed by atoms with van der Waals surface area (Å²) in [6.07, 6.45) is 13.0. The van der Waals surface area contributed by atoms with Gasteiger partial charge in [-0.2, -0.15) is 0 Å². The molecule has 0 saturated heterocycles. The maximum absolute atomic E-state index is 4.32. The molecule has 0 heteroatoms. The average molecular weight is 513 g/mol. The standard InChI is InChI=1S/C29H34.C7H16.C2H6/c1-10-11-12-28(29(7,8)9)24(6)27-18-17-26(19-21(27)3)23(5)22(4)25-15-13-20(2)14-16-25;1-3-5-7-6-4-2;1-2/h10-19H,1,4-5H2,2-3,6-9H3;3-7H2,1-2H3;1-2H3/b12-11-,28-24-;;. The van der Waals surface area contributed by atoms with Crippen LogP contribution in [0.4, 0.5) is 0 Å². The van der Waals surface area contributed by atoms with Crippen molar-refractivity contribution in [1.29, 1.82) is 0 Å². The quantitative estimate of drug-likeness (QED) is 0.219. The molecule has 0 aliphatic carbocycles. The molecule has 0 unspecified atom stereocenters. The summed E-state index contributed by atoms with van der Waals surface area (Å²) in [5.41, 5.74) is 10.6. The van der Waals surface area contributed by atoms with E-state index in [1.165, 1.54) is 59.9 Å². The van der Waals surface area contributed by atoms with Crippen LogP contribution in [-0.2, 0) is 0 Å². The first kappa shape index (κ1) is 35.1. The highest BCUT2D eigenvalue weighted by Crippen LogP contribution is 2.36. The lowest BCUT2D eigenvalue weighted by molar-refractivity contribution is 0.518. The van der Waals surface area contributed by atoms with Crippen LogP contribution in [0.15, 0.2) is 86.0 Å². The van der Waals surface area contributed by atoms with E-state index in [1.807, 2.05) is 26.0 Å². The van der Waals surface area contributed by atoms with Gasteiger partial charge in [0, 0.05) is 0 Å². The lowest BCUT2D eigenvalue weighted by atomic mass is 9.80. The molecule has 0 atom stereocenters. The van der Waals surface area contributed by atoms with E-state index in [0.29, 0.717) is 0 Å². The van der Waals surface area contributed by atoms with Crippen LogP contribution in [0.2, 0.25) is 0 Å². The Hall–Kier alpha value is -2.86. The molecule has 0 fully saturated rings. The van der Waals surface area contributed by atoms with E-state index < -0.39 is 0 Å². The monoisotopic (exact) mass is 512 g/mol. The molecule has 0 aliphatic rings. The summed E-state index contributed by atoms with van der Waals surface area (Å²) in [5.74, 6) is 0. The Kier molecular flexibility index (Phi) is 17.0. The number of rotatable bonds is 10. The average Bonchev–Trinajstić information content (AvgIpc) is 2.89. The van der Waals surface area contributed by atoms with E-state index in [0.717, 1.165) is 22.3 Å². The Balaban J connectivity index is 0.00000132. The van der Waals surface area contributed by atoms with Crippen LogP contribution >= 0.6 is 0 Å². The second kappa shape index (κ2) is 18.4. The Morgan fingerprint density at radius 3 is 1.74 bits per heavy atom. The zero-order chi connectivity index (χ0) is 29.3. The Morgan fingerprint density at radius 2 is 1.29 bits per heavy atom. The van der Waals surface area contributed by atoms with Crippen molar-refractivity contribution in [1.82, 2.24) is 0 Å². The van der Waals surface area contributed by atoms with Crippen molar-refractivity contribution in [2.45, 2.75) is 101 Å². The van der Waals surface area contributed by atoms with E-state index >= 15 is 0 Å². The summed E-state index contributed by atoms with van der Waals surface area (Å²) < 4.78 is 0. The summed E-state index contributed by atoms with van der Waals surface area (Å²) >= 11 is 0. The van der Waals surface area contributed by atoms with Crippen molar-refractivity contribution in [2.75, 3.05) is 0 Å². The van der Waals surface area contributed by atoms with Gasteiger partial charge in [0.2, 0.25) is 0 Å². The summed E-state index contributed by atoms with van der Waals surface area (Å²) in [7, 11) is 0. The molecule has 0 amide bonds. The van der Waals surface area contributed by atoms with E-state index in [1.54, 1.807) is 0 Å². The molecule has 2 rings (SSSR count). The van der Waals surface area contributed by atoms with Gasteiger partial charge in [0.1, 0.15) is 0 Å². The highest BCUT2D eigenvalue weighted by Gasteiger charge is 2.19. The number of unbranched alkanes of at least 4 members (excludes halogenated alkanes) is 4. The number of hydrogen-bond donors (Lipinski definition) is 0. The van der Waals surface area contributed by atoms with Gasteiger partial charge < -0.3 is 0 Å². The zero-order valence-corrected chi connectivity index (χ0v) is 26.4. The molecular formula is C38H56. The van der Waals surface area contributed by atoms with E-state index in [2.05, 4.69) is 124 Å². The minimum Gasteiger partial charge on any atom is -0.0991 e. The molecule has 0 N–H and O–H groups in total. The predicted molar refractivity (Wildman–Crippen MR) is 178 cm³/mol. The van der Waals surface area contributed by atoms with Crippen LogP contribution in [0.5, 0.6) is 0 Å². The highest BCUT2D eigenvalue weighted by molar-refractivity contribution is 6.03. The fourth-order valence-corrected chi connectivity index (χ4v) is 4.30. The number of benzene rings is 2. The molecular weight excluding hydrogens is 456 g/mol. The summed E-state index contributed by atoms with van der Waals surface area (Å²) in [4.78, 5) is 0. The van der Waals surface area contributed by atoms with Crippen molar-refractivity contribution >= 4 is 16.7 Å². The van der Waals surface area contributed by atoms with Crippen LogP contribution in [0.25, 0.3) is 16.7 Å². The summed E-state index contributed by atoms with van der Waals surface area (Å²) in [6, 6.07) is 15.0. The fourth-order valence-electron chi connectivity index (χ4n) is 4.30. The minimum absolute atomic E-state index is 0.0536. The van der Waals surface area contributed by atoms with Crippen LogP contribution in [-0.4, -0.2) is 0 Å². The first-order valence-electron chi connectivity index (χ1n) is 14.5. The second-order valence-electron chi connectivity index (χ2n) is 10.8. The van der Waals surface area contributed by atoms with Crippen LogP contribution in [0.1, 0.15) is 115 Å². The van der Waals surface area contributed by atoms with Crippen molar-refractivity contribution in [3.8, 4) is 0 Å². The lowest BCUT2D eigenvalue weighted by Gasteiger charge is -2.24. The molecule has 208 valence electrons. The van der Waals surface area contributed by atoms with Gasteiger partial charge in [-0.3, -0.25) is 0 Å². The van der Waals surface area contributed by atoms with Crippen molar-refractivity contribution < 1.29 is 0 Å². The lowest BCUT2D eigenvalue weighted by Crippen LogP contribution is -2.10. The van der Waals surface area contributed by atoms with Crippen molar-refractivity contribution in [3.05, 3.63) is 114 Å². The SMILES string of the molecule is C=C/C=C\C(=C(/C)c1ccc(C(=C)C(=C)c2ccc(C)cc2)cc1C)C(C)(C)C.CC.CCCCCCC. The van der Waals surface area contributed by atoms with Gasteiger partial charge in [-0.25, -0.2) is 0 Å². The second-order valence-corrected chi connectivity index (χ2v) is 10.8. The van der Waals surface area contributed by atoms with Crippen LogP contribution in [0.3, 0.4) is 0 Å². The number of allylic oxidation sites excluding steroid dienone is 7. The third kappa shape index (κ3) is 11.7. The zero-order valence-electron chi connectivity index (χ0n) is 26.4. The summed E-state index contributed by atoms with van der Waals surface area (Å²) in [6.45, 7) is 34.1. The summed E-state index contributed by atoms with van der Waals surface area (Å²) in [5, 5.41) is 0. The van der Waals surface area contributed by atoms with Gasteiger partial charge in [-0.1, -0.05) is 167 Å². The smallest absolute Gasteiger partial charge is 0.0129 e. The largest absolute Gasteiger partial charge is 0.0991 e. The topological polar surface area (TPSA) is 0 Å². The van der Waals surface area contributed by atoms with E-state index in [4.69, 9.17) is 0 Å². The molecule has 2 aromatic carbocycles. The van der Waals surface area contributed by atoms with Crippen molar-refractivity contribution in [2.24, 2.45) is 5.41 Å². The normalized spacial score (nSPS) is 11.5. The molecule has 0 saturated carbocycles. The molecule has 0 aliphatic heterocycles. The molecule has 0 aromatic heterocycles. The first-order chi connectivity index (χ1) is 18.0. The molecule has 0 radical (unpaired) electrons. The van der Waals surface area contributed by atoms with Crippen LogP contribution in [0, 0.1) is 19.3 Å². The number of aryl methyl sites for hydroxylation is 2. The Bertz CT molecular complexity index is 1060. The van der Waals surface area contributed by atoms with E-state index in [-0.39, 0.29) is 5.41 Å². The van der Waals surface area contributed by atoms with Gasteiger partial charge in [0.15, 0.2) is 0 Å². The number of hydrogen-bond acceptors (Lipinski definition) is 0. The van der Waals surface area contributed by atoms with Gasteiger partial charge in [-0.05, 0) is 70.7 Å².